The Hall–Kier alpha value is -0.960. The van der Waals surface area contributed by atoms with Crippen LogP contribution in [0, 0.1) is 5.92 Å². The van der Waals surface area contributed by atoms with E-state index in [2.05, 4.69) is 4.72 Å². The number of aliphatic hydroxyl groups is 1. The molecule has 1 atom stereocenters. The first-order valence-corrected chi connectivity index (χ1v) is 7.59. The number of carboxylic acids is 1. The van der Waals surface area contributed by atoms with E-state index in [9.17, 15) is 13.2 Å². The number of rotatable bonds is 6. The molecule has 0 aliphatic rings. The lowest BCUT2D eigenvalue weighted by atomic mass is 10.1. The van der Waals surface area contributed by atoms with Gasteiger partial charge < -0.3 is 10.2 Å². The van der Waals surface area contributed by atoms with Gasteiger partial charge in [0.05, 0.1) is 12.2 Å². The second-order valence-electron chi connectivity index (χ2n) is 4.11. The highest BCUT2D eigenvalue weighted by Crippen LogP contribution is 2.21. The normalized spacial score (nSPS) is 13.8. The maximum absolute atomic E-state index is 11.9. The predicted octanol–water partition coefficient (Wildman–Crippen LogP) is 0.742. The van der Waals surface area contributed by atoms with E-state index in [1.807, 2.05) is 0 Å². The molecule has 0 saturated heterocycles. The summed E-state index contributed by atoms with van der Waals surface area (Å²) in [5, 5.41) is 19.1. The van der Waals surface area contributed by atoms with E-state index in [0.717, 1.165) is 17.4 Å². The molecule has 0 spiro atoms. The van der Waals surface area contributed by atoms with Crippen molar-refractivity contribution in [1.29, 1.82) is 0 Å². The second kappa shape index (κ2) is 5.79. The number of aromatic carboxylic acids is 1. The van der Waals surface area contributed by atoms with Gasteiger partial charge in [-0.15, -0.1) is 11.3 Å². The first-order valence-electron chi connectivity index (χ1n) is 5.23. The van der Waals surface area contributed by atoms with Crippen molar-refractivity contribution >= 4 is 27.3 Å². The number of carbonyl (C=O) groups is 1. The van der Waals surface area contributed by atoms with Crippen LogP contribution in [0.5, 0.6) is 0 Å². The molecule has 1 rings (SSSR count). The number of thiophene rings is 1. The van der Waals surface area contributed by atoms with Crippen LogP contribution in [0.1, 0.15) is 24.2 Å². The monoisotopic (exact) mass is 293 g/mol. The van der Waals surface area contributed by atoms with Crippen molar-refractivity contribution in [2.45, 2.75) is 24.1 Å². The first-order chi connectivity index (χ1) is 8.27. The van der Waals surface area contributed by atoms with Gasteiger partial charge in [-0.05, 0) is 12.0 Å². The smallest absolute Gasteiger partial charge is 0.336 e. The highest BCUT2D eigenvalue weighted by atomic mass is 32.2. The van der Waals surface area contributed by atoms with Gasteiger partial charge in [-0.25, -0.2) is 17.9 Å². The average Bonchev–Trinajstić information content (AvgIpc) is 2.75. The van der Waals surface area contributed by atoms with Gasteiger partial charge in [0.2, 0.25) is 10.0 Å². The largest absolute Gasteiger partial charge is 0.478 e. The van der Waals surface area contributed by atoms with Crippen LogP contribution >= 0.6 is 11.3 Å². The van der Waals surface area contributed by atoms with E-state index >= 15 is 0 Å². The van der Waals surface area contributed by atoms with Crippen molar-refractivity contribution in [3.8, 4) is 0 Å². The Morgan fingerprint density at radius 2 is 2.11 bits per heavy atom. The van der Waals surface area contributed by atoms with Gasteiger partial charge in [0.25, 0.3) is 0 Å². The SMILES string of the molecule is CC(C)C(CO)NS(=O)(=O)c1cc(C(=O)O)cs1. The Labute approximate surface area is 109 Å². The summed E-state index contributed by atoms with van der Waals surface area (Å²) in [6.45, 7) is 3.25. The zero-order valence-corrected chi connectivity index (χ0v) is 11.6. The van der Waals surface area contributed by atoms with Crippen LogP contribution in [0.3, 0.4) is 0 Å². The fraction of sp³-hybridized carbons (Fsp3) is 0.500. The minimum atomic E-state index is -3.78. The first kappa shape index (κ1) is 15.1. The van der Waals surface area contributed by atoms with Crippen molar-refractivity contribution in [1.82, 2.24) is 4.72 Å². The summed E-state index contributed by atoms with van der Waals surface area (Å²) in [6, 6.07) is 0.509. The molecule has 0 amide bonds. The van der Waals surface area contributed by atoms with Gasteiger partial charge in [-0.2, -0.15) is 0 Å². The van der Waals surface area contributed by atoms with Gasteiger partial charge in [0, 0.05) is 11.4 Å². The van der Waals surface area contributed by atoms with Gasteiger partial charge in [-0.1, -0.05) is 13.8 Å². The maximum atomic E-state index is 11.9. The Bertz CT molecular complexity index is 520. The summed E-state index contributed by atoms with van der Waals surface area (Å²) in [4.78, 5) is 10.7. The van der Waals surface area contributed by atoms with E-state index in [-0.39, 0.29) is 22.3 Å². The fourth-order valence-electron chi connectivity index (χ4n) is 1.21. The summed E-state index contributed by atoms with van der Waals surface area (Å²) in [5.74, 6) is -1.24. The van der Waals surface area contributed by atoms with Crippen molar-refractivity contribution in [3.05, 3.63) is 17.0 Å². The molecule has 8 heteroatoms. The molecule has 0 aromatic carbocycles. The molecule has 0 aliphatic heterocycles. The highest BCUT2D eigenvalue weighted by Gasteiger charge is 2.24. The number of aliphatic hydroxyl groups excluding tert-OH is 1. The minimum Gasteiger partial charge on any atom is -0.478 e. The summed E-state index contributed by atoms with van der Waals surface area (Å²) >= 11 is 0.836. The molecule has 1 heterocycles. The molecule has 0 saturated carbocycles. The van der Waals surface area contributed by atoms with E-state index < -0.39 is 22.0 Å². The predicted molar refractivity (Wildman–Crippen MR) is 67.3 cm³/mol. The van der Waals surface area contributed by atoms with Gasteiger partial charge >= 0.3 is 5.97 Å². The van der Waals surface area contributed by atoms with Crippen LogP contribution in [0.25, 0.3) is 0 Å². The van der Waals surface area contributed by atoms with Gasteiger partial charge in [0.15, 0.2) is 0 Å². The van der Waals surface area contributed by atoms with Crippen molar-refractivity contribution in [2.24, 2.45) is 5.92 Å². The molecular weight excluding hydrogens is 278 g/mol. The lowest BCUT2D eigenvalue weighted by molar-refractivity contribution is 0.0697. The molecule has 18 heavy (non-hydrogen) atoms. The molecule has 0 bridgehead atoms. The second-order valence-corrected chi connectivity index (χ2v) is 6.97. The lowest BCUT2D eigenvalue weighted by Gasteiger charge is -2.19. The zero-order valence-electron chi connectivity index (χ0n) is 9.95. The molecule has 0 radical (unpaired) electrons. The third-order valence-corrected chi connectivity index (χ3v) is 5.32. The lowest BCUT2D eigenvalue weighted by Crippen LogP contribution is -2.40. The van der Waals surface area contributed by atoms with Gasteiger partial charge in [0.1, 0.15) is 4.21 Å². The summed E-state index contributed by atoms with van der Waals surface area (Å²) in [6.07, 6.45) is 0. The topological polar surface area (TPSA) is 104 Å². The van der Waals surface area contributed by atoms with Crippen LogP contribution in [0.15, 0.2) is 15.7 Å². The molecule has 102 valence electrons. The molecule has 1 unspecified atom stereocenters. The van der Waals surface area contributed by atoms with Crippen LogP contribution in [0.2, 0.25) is 0 Å². The molecule has 6 nitrogen and oxygen atoms in total. The van der Waals surface area contributed by atoms with E-state index in [4.69, 9.17) is 10.2 Å². The van der Waals surface area contributed by atoms with Crippen LogP contribution in [0.4, 0.5) is 0 Å². The third kappa shape index (κ3) is 3.52. The van der Waals surface area contributed by atoms with Crippen molar-refractivity contribution < 1.29 is 23.4 Å². The van der Waals surface area contributed by atoms with Crippen LogP contribution < -0.4 is 4.72 Å². The number of hydrogen-bond donors (Lipinski definition) is 3. The van der Waals surface area contributed by atoms with Crippen LogP contribution in [-0.2, 0) is 10.0 Å². The van der Waals surface area contributed by atoms with E-state index in [1.165, 1.54) is 5.38 Å². The summed E-state index contributed by atoms with van der Waals surface area (Å²) in [7, 11) is -3.78. The average molecular weight is 293 g/mol. The highest BCUT2D eigenvalue weighted by molar-refractivity contribution is 7.91. The third-order valence-electron chi connectivity index (χ3n) is 2.40. The molecular formula is C10H15NO5S2. The molecule has 0 fully saturated rings. The molecule has 0 aliphatic carbocycles. The van der Waals surface area contributed by atoms with Crippen LogP contribution in [-0.4, -0.2) is 37.2 Å². The van der Waals surface area contributed by atoms with E-state index in [1.54, 1.807) is 13.8 Å². The zero-order chi connectivity index (χ0) is 13.9. The standard InChI is InChI=1S/C10H15NO5S2/c1-6(2)8(4-12)11-18(15,16)9-3-7(5-17-9)10(13)14/h3,5-6,8,11-12H,4H2,1-2H3,(H,13,14). The number of hydrogen-bond acceptors (Lipinski definition) is 5. The molecule has 3 N–H and O–H groups in total. The summed E-state index contributed by atoms with van der Waals surface area (Å²) in [5.41, 5.74) is -0.0644. The number of carboxylic acid groups (broad SMARTS) is 1. The van der Waals surface area contributed by atoms with Gasteiger partial charge in [-0.3, -0.25) is 0 Å². The Morgan fingerprint density at radius 3 is 2.50 bits per heavy atom. The summed E-state index contributed by atoms with van der Waals surface area (Å²) < 4.78 is 26.2. The number of nitrogens with one attached hydrogen (secondary N) is 1. The quantitative estimate of drug-likeness (QED) is 0.717. The maximum Gasteiger partial charge on any atom is 0.336 e. The molecule has 1 aromatic rings. The van der Waals surface area contributed by atoms with Crippen molar-refractivity contribution in [2.75, 3.05) is 6.61 Å². The Morgan fingerprint density at radius 1 is 1.50 bits per heavy atom. The van der Waals surface area contributed by atoms with Crippen molar-refractivity contribution in [3.63, 3.8) is 0 Å². The Kier molecular flexibility index (Phi) is 4.85. The minimum absolute atomic E-state index is 0.0644. The molecule has 1 aromatic heterocycles. The fourth-order valence-corrected chi connectivity index (χ4v) is 3.76. The Balaban J connectivity index is 2.95. The van der Waals surface area contributed by atoms with E-state index in [0.29, 0.717) is 0 Å². The number of sulfonamides is 1.